The number of pyridine rings is 1. The molecule has 0 saturated carbocycles. The highest BCUT2D eigenvalue weighted by atomic mass is 19.4. The summed E-state index contributed by atoms with van der Waals surface area (Å²) in [6.45, 7) is 0.427. The van der Waals surface area contributed by atoms with Gasteiger partial charge in [0.05, 0.1) is 16.5 Å². The number of amides is 2. The van der Waals surface area contributed by atoms with E-state index < -0.39 is 36.2 Å². The van der Waals surface area contributed by atoms with Crippen molar-refractivity contribution in [3.05, 3.63) is 71.3 Å². The molecule has 0 spiro atoms. The van der Waals surface area contributed by atoms with Gasteiger partial charge in [-0.2, -0.15) is 18.2 Å². The fourth-order valence-electron chi connectivity index (χ4n) is 3.84. The number of furan rings is 1. The van der Waals surface area contributed by atoms with Crippen LogP contribution in [0.25, 0.3) is 33.6 Å². The second kappa shape index (κ2) is 10.5. The number of hydrogen-bond donors (Lipinski definition) is 3. The van der Waals surface area contributed by atoms with Crippen molar-refractivity contribution in [2.45, 2.75) is 13.1 Å². The minimum Gasteiger partial charge on any atom is -0.437 e. The largest absolute Gasteiger partial charge is 0.437 e. The average Bonchev–Trinajstić information content (AvgIpc) is 3.25. The average molecular weight is 532 g/mol. The van der Waals surface area contributed by atoms with Crippen LogP contribution in [0.2, 0.25) is 0 Å². The molecule has 0 aliphatic heterocycles. The monoisotopic (exact) mass is 532 g/mol. The van der Waals surface area contributed by atoms with Gasteiger partial charge in [0.25, 0.3) is 11.8 Å². The van der Waals surface area contributed by atoms with Gasteiger partial charge in [-0.15, -0.1) is 0 Å². The van der Waals surface area contributed by atoms with Crippen LogP contribution >= 0.6 is 0 Å². The minimum absolute atomic E-state index is 0.0105. The lowest BCUT2D eigenvalue weighted by Crippen LogP contribution is -2.24. The summed E-state index contributed by atoms with van der Waals surface area (Å²) >= 11 is 0. The zero-order valence-electron chi connectivity index (χ0n) is 20.1. The molecule has 0 aliphatic carbocycles. The number of carbonyl (C=O) groups is 2. The van der Waals surface area contributed by atoms with Crippen LogP contribution in [0.4, 0.5) is 27.8 Å². The number of aromatic nitrogens is 1. The normalized spacial score (nSPS) is 11.4. The first-order chi connectivity index (χ1) is 18.0. The molecule has 2 aromatic heterocycles. The molecule has 38 heavy (non-hydrogen) atoms. The topological polar surface area (TPSA) is 96.3 Å². The first-order valence-corrected chi connectivity index (χ1v) is 11.4. The Morgan fingerprint density at radius 2 is 1.66 bits per heavy atom. The molecular formula is C26H21F5N4O3. The molecule has 0 fully saturated rings. The van der Waals surface area contributed by atoms with E-state index in [2.05, 4.69) is 20.9 Å². The molecule has 0 saturated heterocycles. The molecule has 2 heterocycles. The van der Waals surface area contributed by atoms with Crippen LogP contribution in [0, 0.1) is 11.6 Å². The molecule has 198 valence electrons. The molecule has 3 N–H and O–H groups in total. The van der Waals surface area contributed by atoms with E-state index in [1.54, 1.807) is 6.92 Å². The number of anilines is 1. The van der Waals surface area contributed by atoms with Gasteiger partial charge in [0, 0.05) is 24.7 Å². The predicted octanol–water partition coefficient (Wildman–Crippen LogP) is 5.52. The van der Waals surface area contributed by atoms with Gasteiger partial charge in [-0.05, 0) is 55.0 Å². The zero-order chi connectivity index (χ0) is 27.6. The summed E-state index contributed by atoms with van der Waals surface area (Å²) < 4.78 is 72.9. The SMILES string of the molecule is CCNC(=O)c1cc(-c2cc3c(C(=O)NC)c(-c4ccc(F)cc4)oc3nc2NCC(F)(F)F)ccc1F. The Bertz CT molecular complexity index is 1510. The number of fused-ring (bicyclic) bond motifs is 1. The summed E-state index contributed by atoms with van der Waals surface area (Å²) in [5.74, 6) is -2.90. The molecule has 2 aromatic carbocycles. The lowest BCUT2D eigenvalue weighted by Gasteiger charge is -2.14. The van der Waals surface area contributed by atoms with Crippen LogP contribution in [0.1, 0.15) is 27.6 Å². The Morgan fingerprint density at radius 3 is 2.29 bits per heavy atom. The van der Waals surface area contributed by atoms with Crippen LogP contribution in [0.15, 0.2) is 52.9 Å². The van der Waals surface area contributed by atoms with Gasteiger partial charge in [0.15, 0.2) is 0 Å². The molecule has 7 nitrogen and oxygen atoms in total. The quantitative estimate of drug-likeness (QED) is 0.272. The first kappa shape index (κ1) is 26.6. The van der Waals surface area contributed by atoms with Crippen molar-refractivity contribution in [2.75, 3.05) is 25.5 Å². The lowest BCUT2D eigenvalue weighted by atomic mass is 9.99. The van der Waals surface area contributed by atoms with Crippen molar-refractivity contribution >= 4 is 28.7 Å². The summed E-state index contributed by atoms with van der Waals surface area (Å²) in [6.07, 6.45) is -4.60. The van der Waals surface area contributed by atoms with E-state index in [4.69, 9.17) is 4.42 Å². The van der Waals surface area contributed by atoms with E-state index in [9.17, 15) is 31.5 Å². The van der Waals surface area contributed by atoms with Crippen LogP contribution in [0.5, 0.6) is 0 Å². The summed E-state index contributed by atoms with van der Waals surface area (Å²) in [7, 11) is 1.38. The number of alkyl halides is 3. The van der Waals surface area contributed by atoms with Gasteiger partial charge >= 0.3 is 6.18 Å². The van der Waals surface area contributed by atoms with Gasteiger partial charge in [-0.3, -0.25) is 9.59 Å². The second-order valence-corrected chi connectivity index (χ2v) is 8.15. The predicted molar refractivity (Wildman–Crippen MR) is 131 cm³/mol. The maximum absolute atomic E-state index is 14.4. The maximum atomic E-state index is 14.4. The van der Waals surface area contributed by atoms with Crippen molar-refractivity contribution in [1.82, 2.24) is 15.6 Å². The van der Waals surface area contributed by atoms with Crippen molar-refractivity contribution < 1.29 is 36.0 Å². The molecular weight excluding hydrogens is 511 g/mol. The van der Waals surface area contributed by atoms with E-state index in [-0.39, 0.29) is 51.5 Å². The molecule has 4 rings (SSSR count). The van der Waals surface area contributed by atoms with E-state index in [1.165, 1.54) is 37.4 Å². The molecule has 0 atom stereocenters. The number of halogens is 5. The highest BCUT2D eigenvalue weighted by Crippen LogP contribution is 2.38. The number of hydrogen-bond acceptors (Lipinski definition) is 5. The molecule has 0 unspecified atom stereocenters. The highest BCUT2D eigenvalue weighted by Gasteiger charge is 2.29. The van der Waals surface area contributed by atoms with E-state index >= 15 is 0 Å². The molecule has 2 amide bonds. The van der Waals surface area contributed by atoms with Crippen molar-refractivity contribution in [2.24, 2.45) is 0 Å². The Balaban J connectivity index is 1.98. The Labute approximate surface area is 213 Å². The third-order valence-electron chi connectivity index (χ3n) is 5.56. The standard InChI is InChI=1S/C26H21F5N4O3/c1-3-33-23(36)17-10-14(6-9-19(17)28)16-11-18-20(24(37)32-2)21(13-4-7-15(27)8-5-13)38-25(18)35-22(16)34-12-26(29,30)31/h4-11H,3,12H2,1-2H3,(H,32,37)(H,33,36)(H,34,35). The van der Waals surface area contributed by atoms with Gasteiger partial charge in [0.1, 0.15) is 29.8 Å². The van der Waals surface area contributed by atoms with E-state index in [0.29, 0.717) is 5.56 Å². The molecule has 4 aromatic rings. The van der Waals surface area contributed by atoms with Crippen molar-refractivity contribution in [3.63, 3.8) is 0 Å². The number of rotatable bonds is 7. The van der Waals surface area contributed by atoms with E-state index in [1.807, 2.05) is 0 Å². The summed E-state index contributed by atoms with van der Waals surface area (Å²) in [6, 6.07) is 9.92. The fourth-order valence-corrected chi connectivity index (χ4v) is 3.84. The second-order valence-electron chi connectivity index (χ2n) is 8.15. The first-order valence-electron chi connectivity index (χ1n) is 11.4. The van der Waals surface area contributed by atoms with Crippen LogP contribution in [0.3, 0.4) is 0 Å². The molecule has 0 radical (unpaired) electrons. The smallest absolute Gasteiger partial charge is 0.405 e. The Morgan fingerprint density at radius 1 is 0.974 bits per heavy atom. The number of carbonyl (C=O) groups excluding carboxylic acids is 2. The van der Waals surface area contributed by atoms with Crippen LogP contribution < -0.4 is 16.0 Å². The molecule has 12 heteroatoms. The zero-order valence-corrected chi connectivity index (χ0v) is 20.1. The van der Waals surface area contributed by atoms with Gasteiger partial charge in [0.2, 0.25) is 5.71 Å². The molecule has 0 bridgehead atoms. The Kier molecular flexibility index (Phi) is 7.33. The third-order valence-corrected chi connectivity index (χ3v) is 5.56. The van der Waals surface area contributed by atoms with Gasteiger partial charge < -0.3 is 20.4 Å². The summed E-state index contributed by atoms with van der Waals surface area (Å²) in [5.41, 5.74) is 0.0771. The highest BCUT2D eigenvalue weighted by molar-refractivity contribution is 6.11. The molecule has 0 aliphatic rings. The van der Waals surface area contributed by atoms with Gasteiger partial charge in [-0.1, -0.05) is 6.07 Å². The number of benzene rings is 2. The number of nitrogens with one attached hydrogen (secondary N) is 3. The van der Waals surface area contributed by atoms with Crippen molar-refractivity contribution in [3.8, 4) is 22.5 Å². The summed E-state index contributed by atoms with van der Waals surface area (Å²) in [5, 5.41) is 7.30. The lowest BCUT2D eigenvalue weighted by molar-refractivity contribution is -0.115. The van der Waals surface area contributed by atoms with Gasteiger partial charge in [-0.25, -0.2) is 8.78 Å². The van der Waals surface area contributed by atoms with Crippen LogP contribution in [-0.4, -0.2) is 43.1 Å². The van der Waals surface area contributed by atoms with Crippen molar-refractivity contribution in [1.29, 1.82) is 0 Å². The van der Waals surface area contributed by atoms with Crippen LogP contribution in [-0.2, 0) is 0 Å². The van der Waals surface area contributed by atoms with E-state index in [0.717, 1.165) is 18.2 Å². The summed E-state index contributed by atoms with van der Waals surface area (Å²) in [4.78, 5) is 29.4. The number of nitrogens with zero attached hydrogens (tertiary/aromatic N) is 1. The minimum atomic E-state index is -4.60. The fraction of sp³-hybridized carbons (Fsp3) is 0.192. The Hall–Kier alpha value is -4.48. The third kappa shape index (κ3) is 5.43. The maximum Gasteiger partial charge on any atom is 0.405 e.